The van der Waals surface area contributed by atoms with Crippen LogP contribution in [-0.4, -0.2) is 80.6 Å². The van der Waals surface area contributed by atoms with E-state index < -0.39 is 29.1 Å². The van der Waals surface area contributed by atoms with E-state index in [1.807, 2.05) is 6.92 Å². The molecule has 0 aliphatic heterocycles. The molecule has 58 heavy (non-hydrogen) atoms. The van der Waals surface area contributed by atoms with Crippen LogP contribution in [0.2, 0.25) is 0 Å². The van der Waals surface area contributed by atoms with Crippen LogP contribution >= 0.6 is 0 Å². The minimum atomic E-state index is -0.960. The quantitative estimate of drug-likeness (QED) is 0.0538. The summed E-state index contributed by atoms with van der Waals surface area (Å²) in [4.78, 5) is 69.5. The fraction of sp³-hybridized carbons (Fsp3) is 0.696. The van der Waals surface area contributed by atoms with Gasteiger partial charge in [0.2, 0.25) is 0 Å². The molecular formula is C46H68N2O10. The van der Waals surface area contributed by atoms with Crippen LogP contribution in [0.5, 0.6) is 0 Å². The van der Waals surface area contributed by atoms with Crippen molar-refractivity contribution in [3.63, 3.8) is 0 Å². The standard InChI is InChI=1S/C34H49NO7.C12H19NO3/c1-6-25(37)8-9-34(5,19-41-28(38)7-2)35-31(39)42-18-33(4)14-22-11-24(16-33)30-27(22)12-26-21-10-23(29(26)30)15-32(3,13-21)17-40-20-36;1-5-10(14)7-8-12(3,13-4)9-16-11(15)6-2/h6-7,20-24,26-27,29-30H,1-2,8-19H2,3-5H3,(H,35,39);5-6,13H,1-2,7-9H2,3-4H3. The lowest BCUT2D eigenvalue weighted by Gasteiger charge is -2.40. The van der Waals surface area contributed by atoms with Gasteiger partial charge in [-0.1, -0.05) is 40.2 Å². The lowest BCUT2D eigenvalue weighted by molar-refractivity contribution is -0.140. The number of likely N-dealkylation sites (N-methyl/N-ethyl adjacent to an activating group) is 1. The van der Waals surface area contributed by atoms with Gasteiger partial charge in [-0.05, 0) is 138 Å². The van der Waals surface area contributed by atoms with Crippen LogP contribution in [-0.2, 0) is 42.9 Å². The number of esters is 2. The SMILES string of the molecule is C=CC(=O)CCC(C)(COC(=O)C=C)NC.C=CC(=O)CCC(C)(COC(=O)C=C)NC(=O)OCC1(C)CC2CC(C1)C1C2CC2C3CC(CC(C)(COC=O)C3)C21. The monoisotopic (exact) mass is 808 g/mol. The van der Waals surface area contributed by atoms with Gasteiger partial charge in [0.1, 0.15) is 13.2 Å². The van der Waals surface area contributed by atoms with E-state index in [2.05, 4.69) is 50.8 Å². The van der Waals surface area contributed by atoms with Crippen molar-refractivity contribution in [2.45, 2.75) is 109 Å². The van der Waals surface area contributed by atoms with Gasteiger partial charge in [0.25, 0.3) is 6.47 Å². The zero-order valence-electron chi connectivity index (χ0n) is 35.5. The molecule has 5 rings (SSSR count). The third-order valence-electron chi connectivity index (χ3n) is 14.3. The van der Waals surface area contributed by atoms with Gasteiger partial charge in [0, 0.05) is 41.4 Å². The number of ether oxygens (including phenoxy) is 4. The van der Waals surface area contributed by atoms with Crippen LogP contribution in [0, 0.1) is 58.2 Å². The van der Waals surface area contributed by atoms with Crippen LogP contribution in [0.1, 0.15) is 98.3 Å². The van der Waals surface area contributed by atoms with Crippen LogP contribution < -0.4 is 10.6 Å². The van der Waals surface area contributed by atoms with E-state index in [-0.39, 0.29) is 48.5 Å². The maximum atomic E-state index is 13.0. The number of amides is 1. The molecule has 0 radical (unpaired) electrons. The zero-order chi connectivity index (χ0) is 42.9. The maximum absolute atomic E-state index is 13.0. The minimum absolute atomic E-state index is 0.0171. The Balaban J connectivity index is 0.000000394. The number of carbonyl (C=O) groups is 6. The topological polar surface area (TPSA) is 163 Å². The first-order valence-corrected chi connectivity index (χ1v) is 21.0. The highest BCUT2D eigenvalue weighted by Gasteiger charge is 2.65. The number of nitrogens with one attached hydrogen (secondary N) is 2. The molecule has 322 valence electrons. The molecule has 5 aliphatic carbocycles. The predicted octanol–water partition coefficient (Wildman–Crippen LogP) is 6.88. The molecule has 5 saturated carbocycles. The summed E-state index contributed by atoms with van der Waals surface area (Å²) in [5.41, 5.74) is -1.33. The lowest BCUT2D eigenvalue weighted by Crippen LogP contribution is -2.51. The third kappa shape index (κ3) is 11.8. The Kier molecular flexibility index (Phi) is 15.9. The normalized spacial score (nSPS) is 33.1. The molecule has 1 amide bonds. The van der Waals surface area contributed by atoms with E-state index in [1.54, 1.807) is 14.0 Å². The van der Waals surface area contributed by atoms with Crippen molar-refractivity contribution >= 4 is 36.1 Å². The second-order valence-electron chi connectivity index (χ2n) is 19.1. The Labute approximate surface area is 345 Å². The second-order valence-corrected chi connectivity index (χ2v) is 19.1. The molecule has 0 heterocycles. The average molecular weight is 809 g/mol. The number of fused-ring (bicyclic) bond motifs is 11. The molecule has 12 atom stereocenters. The first-order valence-electron chi connectivity index (χ1n) is 21.0. The van der Waals surface area contributed by atoms with Gasteiger partial charge < -0.3 is 29.6 Å². The van der Waals surface area contributed by atoms with Gasteiger partial charge in [0.05, 0.1) is 18.8 Å². The summed E-state index contributed by atoms with van der Waals surface area (Å²) < 4.78 is 21.3. The number of ketones is 2. The maximum Gasteiger partial charge on any atom is 0.407 e. The van der Waals surface area contributed by atoms with Crippen molar-refractivity contribution < 1.29 is 47.7 Å². The summed E-state index contributed by atoms with van der Waals surface area (Å²) in [7, 11) is 1.76. The van der Waals surface area contributed by atoms with Crippen molar-refractivity contribution in [1.82, 2.24) is 10.6 Å². The van der Waals surface area contributed by atoms with Crippen LogP contribution in [0.15, 0.2) is 50.6 Å². The van der Waals surface area contributed by atoms with Gasteiger partial charge >= 0.3 is 18.0 Å². The van der Waals surface area contributed by atoms with Crippen molar-refractivity contribution in [3.8, 4) is 0 Å². The van der Waals surface area contributed by atoms with Crippen molar-refractivity contribution in [1.29, 1.82) is 0 Å². The summed E-state index contributed by atoms with van der Waals surface area (Å²) in [5, 5.41) is 5.91. The number of carbonyl (C=O) groups excluding carboxylic acids is 6. The molecule has 0 aromatic rings. The smallest absolute Gasteiger partial charge is 0.407 e. The summed E-state index contributed by atoms with van der Waals surface area (Å²) in [6.45, 7) is 23.5. The predicted molar refractivity (Wildman–Crippen MR) is 220 cm³/mol. The molecule has 5 fully saturated rings. The molecule has 12 nitrogen and oxygen atoms in total. The van der Waals surface area contributed by atoms with Crippen molar-refractivity contribution in [2.24, 2.45) is 58.2 Å². The number of hydrogen-bond acceptors (Lipinski definition) is 11. The number of hydrogen-bond donors (Lipinski definition) is 2. The summed E-state index contributed by atoms with van der Waals surface area (Å²) in [6.07, 6.45) is 14.1. The van der Waals surface area contributed by atoms with E-state index in [4.69, 9.17) is 18.9 Å². The minimum Gasteiger partial charge on any atom is -0.467 e. The largest absolute Gasteiger partial charge is 0.467 e. The first-order chi connectivity index (χ1) is 27.4. The highest BCUT2D eigenvalue weighted by atomic mass is 16.6. The Hall–Kier alpha value is -4.06. The molecule has 12 unspecified atom stereocenters. The van der Waals surface area contributed by atoms with Crippen molar-refractivity contribution in [2.75, 3.05) is 33.5 Å². The molecule has 0 spiro atoms. The highest BCUT2D eigenvalue weighted by molar-refractivity contribution is 5.89. The Morgan fingerprint density at radius 3 is 1.55 bits per heavy atom. The summed E-state index contributed by atoms with van der Waals surface area (Å²) >= 11 is 0. The van der Waals surface area contributed by atoms with Crippen LogP contribution in [0.3, 0.4) is 0 Å². The molecule has 0 aromatic carbocycles. The molecule has 4 bridgehead atoms. The zero-order valence-corrected chi connectivity index (χ0v) is 35.5. The van der Waals surface area contributed by atoms with Gasteiger partial charge in [0.15, 0.2) is 11.6 Å². The third-order valence-corrected chi connectivity index (χ3v) is 14.3. The summed E-state index contributed by atoms with van der Waals surface area (Å²) in [5.74, 6) is 4.81. The Morgan fingerprint density at radius 1 is 0.655 bits per heavy atom. The van der Waals surface area contributed by atoms with E-state index in [0.717, 1.165) is 60.5 Å². The molecular weight excluding hydrogens is 741 g/mol. The fourth-order valence-corrected chi connectivity index (χ4v) is 11.6. The summed E-state index contributed by atoms with van der Waals surface area (Å²) in [6, 6.07) is 0. The first kappa shape index (κ1) is 46.6. The van der Waals surface area contributed by atoms with Crippen LogP contribution in [0.4, 0.5) is 4.79 Å². The fourth-order valence-electron chi connectivity index (χ4n) is 11.6. The number of allylic oxidation sites excluding steroid dienone is 2. The van der Waals surface area contributed by atoms with Crippen LogP contribution in [0.25, 0.3) is 0 Å². The Morgan fingerprint density at radius 2 is 1.10 bits per heavy atom. The van der Waals surface area contributed by atoms with Gasteiger partial charge in [-0.2, -0.15) is 0 Å². The number of rotatable bonds is 21. The molecule has 12 heteroatoms. The molecule has 0 aromatic heterocycles. The van der Waals surface area contributed by atoms with Gasteiger partial charge in [-0.3, -0.25) is 14.4 Å². The average Bonchev–Trinajstić information content (AvgIpc) is 3.82. The van der Waals surface area contributed by atoms with E-state index in [1.165, 1.54) is 44.3 Å². The highest BCUT2D eigenvalue weighted by Crippen LogP contribution is 2.71. The van der Waals surface area contributed by atoms with Crippen molar-refractivity contribution in [3.05, 3.63) is 50.6 Å². The van der Waals surface area contributed by atoms with E-state index >= 15 is 0 Å². The Bertz CT molecular complexity index is 1530. The van der Waals surface area contributed by atoms with Gasteiger partial charge in [-0.15, -0.1) is 0 Å². The molecule has 0 saturated heterocycles. The van der Waals surface area contributed by atoms with E-state index in [9.17, 15) is 28.8 Å². The molecule has 5 aliphatic rings. The lowest BCUT2D eigenvalue weighted by atomic mass is 9.66. The molecule has 2 N–H and O–H groups in total. The second kappa shape index (κ2) is 19.8. The van der Waals surface area contributed by atoms with E-state index in [0.29, 0.717) is 44.4 Å². The number of alkyl carbamates (subject to hydrolysis) is 1. The van der Waals surface area contributed by atoms with Gasteiger partial charge in [-0.25, -0.2) is 14.4 Å².